The van der Waals surface area contributed by atoms with E-state index < -0.39 is 0 Å². The van der Waals surface area contributed by atoms with Crippen LogP contribution >= 0.6 is 11.6 Å². The maximum Gasteiger partial charge on any atom is 0.172 e. The van der Waals surface area contributed by atoms with Gasteiger partial charge in [-0.2, -0.15) is 0 Å². The molecule has 0 saturated heterocycles. The number of carbonyl (C=O) groups excluding carboxylic acids is 1. The molecule has 4 nitrogen and oxygen atoms in total. The standard InChI is InChI=1S/C14H16ClN3O/c1-9(2)7-10(19)8-16-14-13(15)17-11-5-3-4-6-12(11)18-14/h3-6,9H,7-8H2,1-2H3,(H,16,18). The highest BCUT2D eigenvalue weighted by Gasteiger charge is 2.09. The van der Waals surface area contributed by atoms with Gasteiger partial charge in [0.15, 0.2) is 16.8 Å². The van der Waals surface area contributed by atoms with Crippen LogP contribution in [-0.2, 0) is 4.79 Å². The second-order valence-corrected chi connectivity index (χ2v) is 5.20. The summed E-state index contributed by atoms with van der Waals surface area (Å²) in [4.78, 5) is 20.3. The molecule has 100 valence electrons. The molecule has 0 spiro atoms. The van der Waals surface area contributed by atoms with E-state index in [4.69, 9.17) is 11.6 Å². The van der Waals surface area contributed by atoms with Crippen LogP contribution in [0.15, 0.2) is 24.3 Å². The lowest BCUT2D eigenvalue weighted by Gasteiger charge is -2.08. The van der Waals surface area contributed by atoms with Gasteiger partial charge in [0.1, 0.15) is 0 Å². The van der Waals surface area contributed by atoms with Crippen LogP contribution in [0, 0.1) is 5.92 Å². The van der Waals surface area contributed by atoms with Crippen molar-refractivity contribution in [3.63, 3.8) is 0 Å². The molecular formula is C14H16ClN3O. The van der Waals surface area contributed by atoms with Gasteiger partial charge in [0.2, 0.25) is 0 Å². The summed E-state index contributed by atoms with van der Waals surface area (Å²) in [6.45, 7) is 4.26. The van der Waals surface area contributed by atoms with Gasteiger partial charge < -0.3 is 5.32 Å². The van der Waals surface area contributed by atoms with E-state index in [2.05, 4.69) is 15.3 Å². The van der Waals surface area contributed by atoms with Crippen LogP contribution in [0.4, 0.5) is 5.82 Å². The molecule has 0 aliphatic rings. The highest BCUT2D eigenvalue weighted by molar-refractivity contribution is 6.32. The number of nitrogens with zero attached hydrogens (tertiary/aromatic N) is 2. The van der Waals surface area contributed by atoms with Crippen molar-refractivity contribution >= 4 is 34.2 Å². The molecule has 0 fully saturated rings. The summed E-state index contributed by atoms with van der Waals surface area (Å²) >= 11 is 6.04. The normalized spacial score (nSPS) is 10.9. The lowest BCUT2D eigenvalue weighted by Crippen LogP contribution is -2.16. The third-order valence-electron chi connectivity index (χ3n) is 2.62. The Kier molecular flexibility index (Phi) is 4.32. The minimum Gasteiger partial charge on any atom is -0.360 e. The monoisotopic (exact) mass is 277 g/mol. The van der Waals surface area contributed by atoms with Crippen molar-refractivity contribution in [2.75, 3.05) is 11.9 Å². The van der Waals surface area contributed by atoms with Gasteiger partial charge in [-0.3, -0.25) is 4.79 Å². The van der Waals surface area contributed by atoms with E-state index in [0.717, 1.165) is 11.0 Å². The van der Waals surface area contributed by atoms with Gasteiger partial charge in [0.25, 0.3) is 0 Å². The second kappa shape index (κ2) is 5.97. The Morgan fingerprint density at radius 3 is 2.53 bits per heavy atom. The molecule has 1 heterocycles. The summed E-state index contributed by atoms with van der Waals surface area (Å²) in [5.41, 5.74) is 1.50. The quantitative estimate of drug-likeness (QED) is 0.911. The van der Waals surface area contributed by atoms with Crippen LogP contribution in [0.3, 0.4) is 0 Å². The number of hydrogen-bond donors (Lipinski definition) is 1. The Morgan fingerprint density at radius 2 is 1.89 bits per heavy atom. The predicted octanol–water partition coefficient (Wildman–Crippen LogP) is 3.31. The number of hydrogen-bond acceptors (Lipinski definition) is 4. The largest absolute Gasteiger partial charge is 0.360 e. The Labute approximate surface area is 117 Å². The third kappa shape index (κ3) is 3.64. The average Bonchev–Trinajstić information content (AvgIpc) is 2.35. The van der Waals surface area contributed by atoms with Crippen molar-refractivity contribution < 1.29 is 4.79 Å². The maximum absolute atomic E-state index is 11.6. The molecule has 2 rings (SSSR count). The van der Waals surface area contributed by atoms with Crippen molar-refractivity contribution in [1.29, 1.82) is 0 Å². The molecule has 1 aromatic heterocycles. The number of carbonyl (C=O) groups is 1. The fraction of sp³-hybridized carbons (Fsp3) is 0.357. The van der Waals surface area contributed by atoms with Gasteiger partial charge in [-0.1, -0.05) is 37.6 Å². The summed E-state index contributed by atoms with van der Waals surface area (Å²) in [5.74, 6) is 0.950. The van der Waals surface area contributed by atoms with Gasteiger partial charge in [-0.05, 0) is 18.1 Å². The van der Waals surface area contributed by atoms with E-state index in [1.807, 2.05) is 38.1 Å². The van der Waals surface area contributed by atoms with E-state index in [0.29, 0.717) is 18.2 Å². The Bertz CT molecular complexity index is 598. The first-order valence-electron chi connectivity index (χ1n) is 6.24. The number of fused-ring (bicyclic) bond motifs is 1. The van der Waals surface area contributed by atoms with Crippen LogP contribution in [0.25, 0.3) is 11.0 Å². The number of para-hydroxylation sites is 2. The fourth-order valence-electron chi connectivity index (χ4n) is 1.80. The van der Waals surface area contributed by atoms with Gasteiger partial charge in [0.05, 0.1) is 17.6 Å². The van der Waals surface area contributed by atoms with Crippen molar-refractivity contribution in [2.45, 2.75) is 20.3 Å². The number of Topliss-reactive ketones (excluding diaryl/α,β-unsaturated/α-hetero) is 1. The highest BCUT2D eigenvalue weighted by Crippen LogP contribution is 2.20. The van der Waals surface area contributed by atoms with E-state index in [9.17, 15) is 4.79 Å². The Hall–Kier alpha value is -1.68. The second-order valence-electron chi connectivity index (χ2n) is 4.84. The van der Waals surface area contributed by atoms with Crippen molar-refractivity contribution in [3.8, 4) is 0 Å². The zero-order valence-electron chi connectivity index (χ0n) is 11.0. The summed E-state index contributed by atoms with van der Waals surface area (Å²) < 4.78 is 0. The molecule has 0 amide bonds. The molecule has 0 bridgehead atoms. The molecule has 1 aromatic carbocycles. The summed E-state index contributed by atoms with van der Waals surface area (Å²) in [5, 5.41) is 3.24. The van der Waals surface area contributed by atoms with Crippen molar-refractivity contribution in [3.05, 3.63) is 29.4 Å². The number of ketones is 1. The van der Waals surface area contributed by atoms with Crippen LogP contribution < -0.4 is 5.32 Å². The van der Waals surface area contributed by atoms with Crippen LogP contribution in [0.5, 0.6) is 0 Å². The van der Waals surface area contributed by atoms with Crippen molar-refractivity contribution in [1.82, 2.24) is 9.97 Å². The van der Waals surface area contributed by atoms with E-state index in [1.165, 1.54) is 0 Å². The third-order valence-corrected chi connectivity index (χ3v) is 2.88. The molecule has 19 heavy (non-hydrogen) atoms. The smallest absolute Gasteiger partial charge is 0.172 e. The SMILES string of the molecule is CC(C)CC(=O)CNc1nc2ccccc2nc1Cl. The first-order valence-corrected chi connectivity index (χ1v) is 6.62. The molecule has 5 heteroatoms. The lowest BCUT2D eigenvalue weighted by molar-refractivity contribution is -0.118. The van der Waals surface area contributed by atoms with E-state index >= 15 is 0 Å². The van der Waals surface area contributed by atoms with Gasteiger partial charge in [-0.15, -0.1) is 0 Å². The molecule has 1 N–H and O–H groups in total. The highest BCUT2D eigenvalue weighted by atomic mass is 35.5. The topological polar surface area (TPSA) is 54.9 Å². The van der Waals surface area contributed by atoms with Crippen LogP contribution in [0.2, 0.25) is 5.15 Å². The van der Waals surface area contributed by atoms with Crippen LogP contribution in [-0.4, -0.2) is 22.3 Å². The Morgan fingerprint density at radius 1 is 1.26 bits per heavy atom. The number of halogens is 1. The molecule has 0 aliphatic carbocycles. The number of benzene rings is 1. The minimum atomic E-state index is 0.140. The zero-order valence-corrected chi connectivity index (χ0v) is 11.7. The number of nitrogens with one attached hydrogen (secondary N) is 1. The van der Waals surface area contributed by atoms with Crippen LogP contribution in [0.1, 0.15) is 20.3 Å². The molecule has 0 aliphatic heterocycles. The zero-order chi connectivity index (χ0) is 13.8. The molecule has 0 unspecified atom stereocenters. The summed E-state index contributed by atoms with van der Waals surface area (Å²) in [7, 11) is 0. The summed E-state index contributed by atoms with van der Waals surface area (Å²) in [6, 6.07) is 7.48. The number of rotatable bonds is 5. The lowest BCUT2D eigenvalue weighted by atomic mass is 10.1. The fourth-order valence-corrected chi connectivity index (χ4v) is 2.00. The minimum absolute atomic E-state index is 0.140. The predicted molar refractivity (Wildman–Crippen MR) is 77.5 cm³/mol. The summed E-state index contributed by atoms with van der Waals surface area (Å²) in [6.07, 6.45) is 0.547. The van der Waals surface area contributed by atoms with E-state index in [1.54, 1.807) is 0 Å². The first-order chi connectivity index (χ1) is 9.06. The van der Waals surface area contributed by atoms with Gasteiger partial charge in [-0.25, -0.2) is 9.97 Å². The van der Waals surface area contributed by atoms with Gasteiger partial charge >= 0.3 is 0 Å². The number of aromatic nitrogens is 2. The molecule has 0 saturated carbocycles. The molecule has 0 atom stereocenters. The average molecular weight is 278 g/mol. The molecular weight excluding hydrogens is 262 g/mol. The van der Waals surface area contributed by atoms with Crippen molar-refractivity contribution in [2.24, 2.45) is 5.92 Å². The molecule has 2 aromatic rings. The van der Waals surface area contributed by atoms with Gasteiger partial charge in [0, 0.05) is 6.42 Å². The van der Waals surface area contributed by atoms with E-state index in [-0.39, 0.29) is 17.5 Å². The number of anilines is 1. The first kappa shape index (κ1) is 13.7. The maximum atomic E-state index is 11.6. The molecule has 0 radical (unpaired) electrons. The Balaban J connectivity index is 2.12.